The summed E-state index contributed by atoms with van der Waals surface area (Å²) in [5, 5.41) is 5.99. The van der Waals surface area contributed by atoms with Crippen LogP contribution in [0.15, 0.2) is 42.5 Å². The SMILES string of the molecule is Cc1ccc(C(=O)N[C@H]2CCCc3ccccc32)cc1N1CCNC1=O. The summed E-state index contributed by atoms with van der Waals surface area (Å²) in [6.07, 6.45) is 3.10. The van der Waals surface area contributed by atoms with E-state index in [0.717, 1.165) is 30.5 Å². The highest BCUT2D eigenvalue weighted by Crippen LogP contribution is 2.30. The quantitative estimate of drug-likeness (QED) is 0.893. The molecule has 0 radical (unpaired) electrons. The second-order valence-corrected chi connectivity index (χ2v) is 7.00. The summed E-state index contributed by atoms with van der Waals surface area (Å²) in [4.78, 5) is 26.5. The first-order valence-electron chi connectivity index (χ1n) is 9.18. The van der Waals surface area contributed by atoms with Crippen molar-refractivity contribution in [2.45, 2.75) is 32.2 Å². The van der Waals surface area contributed by atoms with Gasteiger partial charge >= 0.3 is 6.03 Å². The monoisotopic (exact) mass is 349 g/mol. The average molecular weight is 349 g/mol. The third kappa shape index (κ3) is 3.05. The number of hydrogen-bond donors (Lipinski definition) is 2. The highest BCUT2D eigenvalue weighted by molar-refractivity contribution is 5.99. The number of aryl methyl sites for hydroxylation is 2. The standard InChI is InChI=1S/C21H23N3O2/c1-14-9-10-16(13-19(14)24-12-11-22-21(24)26)20(25)23-18-8-4-6-15-5-2-3-7-17(15)18/h2-3,5,7,9-10,13,18H,4,6,8,11-12H2,1H3,(H,22,26)(H,23,25)/t18-/m0/s1. The van der Waals surface area contributed by atoms with Crippen molar-refractivity contribution in [2.75, 3.05) is 18.0 Å². The molecule has 5 nitrogen and oxygen atoms in total. The molecule has 0 unspecified atom stereocenters. The molecule has 1 heterocycles. The van der Waals surface area contributed by atoms with Gasteiger partial charge in [-0.25, -0.2) is 4.79 Å². The number of rotatable bonds is 3. The number of benzene rings is 2. The van der Waals surface area contributed by atoms with Crippen LogP contribution in [-0.4, -0.2) is 25.0 Å². The molecule has 26 heavy (non-hydrogen) atoms. The number of carbonyl (C=O) groups excluding carboxylic acids is 2. The van der Waals surface area contributed by atoms with E-state index in [2.05, 4.69) is 28.8 Å². The van der Waals surface area contributed by atoms with E-state index < -0.39 is 0 Å². The van der Waals surface area contributed by atoms with Gasteiger partial charge < -0.3 is 10.6 Å². The molecule has 1 aliphatic carbocycles. The molecule has 0 saturated carbocycles. The summed E-state index contributed by atoms with van der Waals surface area (Å²) in [6.45, 7) is 3.22. The van der Waals surface area contributed by atoms with E-state index in [9.17, 15) is 9.59 Å². The zero-order valence-corrected chi connectivity index (χ0v) is 14.9. The largest absolute Gasteiger partial charge is 0.345 e. The number of nitrogens with one attached hydrogen (secondary N) is 2. The molecule has 0 aromatic heterocycles. The van der Waals surface area contributed by atoms with Gasteiger partial charge in [0.25, 0.3) is 5.91 Å². The van der Waals surface area contributed by atoms with Gasteiger partial charge in [-0.3, -0.25) is 9.69 Å². The first-order chi connectivity index (χ1) is 12.6. The van der Waals surface area contributed by atoms with Crippen molar-refractivity contribution in [1.29, 1.82) is 0 Å². The van der Waals surface area contributed by atoms with Crippen LogP contribution in [0.5, 0.6) is 0 Å². The summed E-state index contributed by atoms with van der Waals surface area (Å²) < 4.78 is 0. The number of amides is 3. The zero-order valence-electron chi connectivity index (χ0n) is 14.9. The molecule has 3 amide bonds. The second kappa shape index (κ2) is 6.83. The first kappa shape index (κ1) is 16.6. The Morgan fingerprint density at radius 2 is 2.08 bits per heavy atom. The highest BCUT2D eigenvalue weighted by atomic mass is 16.2. The topological polar surface area (TPSA) is 61.4 Å². The lowest BCUT2D eigenvalue weighted by Crippen LogP contribution is -2.32. The Labute approximate surface area is 153 Å². The number of anilines is 1. The number of carbonyl (C=O) groups is 2. The molecule has 0 spiro atoms. The predicted molar refractivity (Wildman–Crippen MR) is 102 cm³/mol. The van der Waals surface area contributed by atoms with Crippen molar-refractivity contribution in [1.82, 2.24) is 10.6 Å². The van der Waals surface area contributed by atoms with Crippen LogP contribution in [0.1, 0.15) is 45.9 Å². The molecule has 4 rings (SSSR count). The van der Waals surface area contributed by atoms with Gasteiger partial charge in [-0.05, 0) is 55.0 Å². The minimum Gasteiger partial charge on any atom is -0.345 e. The Morgan fingerprint density at radius 1 is 1.23 bits per heavy atom. The van der Waals surface area contributed by atoms with Crippen molar-refractivity contribution in [3.8, 4) is 0 Å². The lowest BCUT2D eigenvalue weighted by Gasteiger charge is -2.26. The van der Waals surface area contributed by atoms with Crippen molar-refractivity contribution in [3.05, 3.63) is 64.7 Å². The van der Waals surface area contributed by atoms with E-state index in [4.69, 9.17) is 0 Å². The Kier molecular flexibility index (Phi) is 4.37. The molecule has 2 aromatic carbocycles. The van der Waals surface area contributed by atoms with E-state index in [-0.39, 0.29) is 18.0 Å². The number of urea groups is 1. The van der Waals surface area contributed by atoms with Crippen LogP contribution >= 0.6 is 0 Å². The van der Waals surface area contributed by atoms with Crippen molar-refractivity contribution < 1.29 is 9.59 Å². The van der Waals surface area contributed by atoms with Crippen LogP contribution < -0.4 is 15.5 Å². The normalized spacial score (nSPS) is 19.0. The van der Waals surface area contributed by atoms with Gasteiger partial charge in [0.1, 0.15) is 0 Å². The Hall–Kier alpha value is -2.82. The summed E-state index contributed by atoms with van der Waals surface area (Å²) in [5.41, 5.74) is 4.92. The molecule has 2 aromatic rings. The van der Waals surface area contributed by atoms with Gasteiger partial charge in [0.15, 0.2) is 0 Å². The molecular weight excluding hydrogens is 326 g/mol. The molecule has 134 valence electrons. The van der Waals surface area contributed by atoms with Crippen LogP contribution in [0, 0.1) is 6.92 Å². The minimum absolute atomic E-state index is 0.0484. The second-order valence-electron chi connectivity index (χ2n) is 7.00. The number of fused-ring (bicyclic) bond motifs is 1. The van der Waals surface area contributed by atoms with E-state index >= 15 is 0 Å². The van der Waals surface area contributed by atoms with Crippen LogP contribution in [0.25, 0.3) is 0 Å². The zero-order chi connectivity index (χ0) is 18.1. The summed E-state index contributed by atoms with van der Waals surface area (Å²) >= 11 is 0. The lowest BCUT2D eigenvalue weighted by atomic mass is 9.87. The van der Waals surface area contributed by atoms with E-state index in [1.165, 1.54) is 11.1 Å². The maximum atomic E-state index is 12.9. The number of nitrogens with zero attached hydrogens (tertiary/aromatic N) is 1. The molecule has 0 bridgehead atoms. The molecule has 2 N–H and O–H groups in total. The van der Waals surface area contributed by atoms with E-state index in [1.54, 1.807) is 4.90 Å². The fraction of sp³-hybridized carbons (Fsp3) is 0.333. The molecule has 1 fully saturated rings. The van der Waals surface area contributed by atoms with E-state index in [0.29, 0.717) is 18.7 Å². The Bertz CT molecular complexity index is 862. The Morgan fingerprint density at radius 3 is 2.88 bits per heavy atom. The van der Waals surface area contributed by atoms with E-state index in [1.807, 2.05) is 31.2 Å². The van der Waals surface area contributed by atoms with Gasteiger partial charge in [-0.15, -0.1) is 0 Å². The molecule has 1 aliphatic heterocycles. The highest BCUT2D eigenvalue weighted by Gasteiger charge is 2.25. The molecule has 5 heteroatoms. The van der Waals surface area contributed by atoms with Crippen molar-refractivity contribution in [3.63, 3.8) is 0 Å². The van der Waals surface area contributed by atoms with Crippen LogP contribution in [-0.2, 0) is 6.42 Å². The van der Waals surface area contributed by atoms with Crippen molar-refractivity contribution in [2.24, 2.45) is 0 Å². The Balaban J connectivity index is 1.57. The van der Waals surface area contributed by atoms with Crippen LogP contribution in [0.4, 0.5) is 10.5 Å². The molecule has 2 aliphatic rings. The van der Waals surface area contributed by atoms with Gasteiger partial charge in [-0.2, -0.15) is 0 Å². The third-order valence-corrected chi connectivity index (χ3v) is 5.29. The average Bonchev–Trinajstić information content (AvgIpc) is 3.08. The van der Waals surface area contributed by atoms with Gasteiger partial charge in [0.05, 0.1) is 6.04 Å². The fourth-order valence-corrected chi connectivity index (χ4v) is 3.89. The smallest absolute Gasteiger partial charge is 0.322 e. The maximum absolute atomic E-state index is 12.9. The van der Waals surface area contributed by atoms with Gasteiger partial charge in [-0.1, -0.05) is 30.3 Å². The van der Waals surface area contributed by atoms with Crippen molar-refractivity contribution >= 4 is 17.6 Å². The molecular formula is C21H23N3O2. The maximum Gasteiger partial charge on any atom is 0.322 e. The predicted octanol–water partition coefficient (Wildman–Crippen LogP) is 3.33. The lowest BCUT2D eigenvalue weighted by molar-refractivity contribution is 0.0932. The van der Waals surface area contributed by atoms with Crippen LogP contribution in [0.2, 0.25) is 0 Å². The third-order valence-electron chi connectivity index (χ3n) is 5.29. The molecule has 1 saturated heterocycles. The van der Waals surface area contributed by atoms with Crippen LogP contribution in [0.3, 0.4) is 0 Å². The fourth-order valence-electron chi connectivity index (χ4n) is 3.89. The summed E-state index contributed by atoms with van der Waals surface area (Å²) in [5.74, 6) is -0.0902. The summed E-state index contributed by atoms with van der Waals surface area (Å²) in [6, 6.07) is 13.8. The van der Waals surface area contributed by atoms with Gasteiger partial charge in [0, 0.05) is 24.3 Å². The first-order valence-corrected chi connectivity index (χ1v) is 9.18. The summed E-state index contributed by atoms with van der Waals surface area (Å²) in [7, 11) is 0. The number of hydrogen-bond acceptors (Lipinski definition) is 2. The minimum atomic E-state index is -0.105. The molecule has 1 atom stereocenters. The van der Waals surface area contributed by atoms with Gasteiger partial charge in [0.2, 0.25) is 0 Å².